The summed E-state index contributed by atoms with van der Waals surface area (Å²) < 4.78 is 23.1. The average Bonchev–Trinajstić information content (AvgIpc) is 2.99. The Morgan fingerprint density at radius 2 is 2.27 bits per heavy atom. The van der Waals surface area contributed by atoms with Gasteiger partial charge in [-0.05, 0) is 42.5 Å². The fourth-order valence-electron chi connectivity index (χ4n) is 2.90. The van der Waals surface area contributed by atoms with E-state index in [-0.39, 0.29) is 10.9 Å². The van der Waals surface area contributed by atoms with Crippen LogP contribution in [0.4, 0.5) is 0 Å². The van der Waals surface area contributed by atoms with Crippen LogP contribution in [0, 0.1) is 0 Å². The van der Waals surface area contributed by atoms with Gasteiger partial charge in [0.2, 0.25) is 10.0 Å². The van der Waals surface area contributed by atoms with Crippen LogP contribution >= 0.6 is 11.3 Å². The molecule has 5 nitrogen and oxygen atoms in total. The lowest BCUT2D eigenvalue weighted by atomic mass is 9.87. The number of fused-ring (bicyclic) bond motifs is 1. The Bertz CT molecular complexity index is 742. The molecule has 22 heavy (non-hydrogen) atoms. The molecule has 1 aliphatic carbocycles. The molecule has 0 saturated carbocycles. The van der Waals surface area contributed by atoms with E-state index in [0.29, 0.717) is 0 Å². The number of rotatable bonds is 5. The number of hydrogen-bond acceptors (Lipinski definition) is 5. The van der Waals surface area contributed by atoms with Gasteiger partial charge in [0.05, 0.1) is 9.90 Å². The van der Waals surface area contributed by atoms with Crippen molar-refractivity contribution in [2.75, 3.05) is 6.54 Å². The lowest BCUT2D eigenvalue weighted by Gasteiger charge is -2.27. The summed E-state index contributed by atoms with van der Waals surface area (Å²) in [5, 5.41) is 11.9. The van der Waals surface area contributed by atoms with E-state index in [4.69, 9.17) is 5.14 Å². The molecule has 3 rings (SSSR count). The number of aryl methyl sites for hydroxylation is 1. The van der Waals surface area contributed by atoms with Gasteiger partial charge in [-0.25, -0.2) is 18.5 Å². The van der Waals surface area contributed by atoms with E-state index >= 15 is 0 Å². The van der Waals surface area contributed by atoms with E-state index in [1.54, 1.807) is 23.5 Å². The number of nitrogens with two attached hydrogens (primary N) is 1. The first-order chi connectivity index (χ1) is 10.5. The second-order valence-electron chi connectivity index (χ2n) is 5.48. The maximum absolute atomic E-state index is 11.5. The maximum Gasteiger partial charge on any atom is 0.238 e. The minimum Gasteiger partial charge on any atom is -0.310 e. The van der Waals surface area contributed by atoms with Gasteiger partial charge in [-0.3, -0.25) is 0 Å². The van der Waals surface area contributed by atoms with Gasteiger partial charge >= 0.3 is 0 Å². The van der Waals surface area contributed by atoms with Gasteiger partial charge in [0.25, 0.3) is 0 Å². The maximum atomic E-state index is 11.5. The second kappa shape index (κ2) is 6.45. The van der Waals surface area contributed by atoms with Crippen molar-refractivity contribution in [2.24, 2.45) is 5.14 Å². The molecule has 7 heteroatoms. The monoisotopic (exact) mass is 337 g/mol. The van der Waals surface area contributed by atoms with Crippen molar-refractivity contribution in [1.82, 2.24) is 10.3 Å². The van der Waals surface area contributed by atoms with Crippen molar-refractivity contribution >= 4 is 21.4 Å². The van der Waals surface area contributed by atoms with Gasteiger partial charge in [0.1, 0.15) is 0 Å². The summed E-state index contributed by atoms with van der Waals surface area (Å²) in [5.41, 5.74) is 2.28. The quantitative estimate of drug-likeness (QED) is 0.874. The predicted octanol–water partition coefficient (Wildman–Crippen LogP) is 2.00. The minimum atomic E-state index is -3.65. The van der Waals surface area contributed by atoms with Crippen LogP contribution in [0.2, 0.25) is 0 Å². The van der Waals surface area contributed by atoms with Crippen LogP contribution in [0.5, 0.6) is 0 Å². The summed E-state index contributed by atoms with van der Waals surface area (Å²) in [6.45, 7) is 0.831. The zero-order valence-corrected chi connectivity index (χ0v) is 13.8. The molecule has 2 aromatic rings. The number of hydrogen-bond donors (Lipinski definition) is 2. The van der Waals surface area contributed by atoms with Crippen molar-refractivity contribution < 1.29 is 8.42 Å². The van der Waals surface area contributed by atoms with Crippen LogP contribution in [-0.2, 0) is 22.9 Å². The van der Waals surface area contributed by atoms with Crippen LogP contribution in [0.3, 0.4) is 0 Å². The summed E-state index contributed by atoms with van der Waals surface area (Å²) in [7, 11) is -3.65. The van der Waals surface area contributed by atoms with E-state index < -0.39 is 10.0 Å². The molecule has 118 valence electrons. The van der Waals surface area contributed by atoms with Crippen molar-refractivity contribution in [2.45, 2.75) is 36.6 Å². The molecule has 1 unspecified atom stereocenters. The molecule has 0 amide bonds. The highest BCUT2D eigenvalue weighted by molar-refractivity contribution is 7.89. The first-order valence-corrected chi connectivity index (χ1v) is 9.74. The Balaban J connectivity index is 1.74. The van der Waals surface area contributed by atoms with Crippen molar-refractivity contribution in [3.05, 3.63) is 45.9 Å². The van der Waals surface area contributed by atoms with Gasteiger partial charge in [-0.1, -0.05) is 6.07 Å². The average molecular weight is 337 g/mol. The van der Waals surface area contributed by atoms with E-state index in [1.807, 2.05) is 17.6 Å². The largest absolute Gasteiger partial charge is 0.310 e. The molecule has 0 radical (unpaired) electrons. The van der Waals surface area contributed by atoms with Crippen LogP contribution in [0.25, 0.3) is 0 Å². The van der Waals surface area contributed by atoms with Gasteiger partial charge in [-0.2, -0.15) is 0 Å². The molecule has 1 atom stereocenters. The number of primary sulfonamides is 1. The van der Waals surface area contributed by atoms with Crippen molar-refractivity contribution in [3.8, 4) is 0 Å². The molecule has 0 bridgehead atoms. The Morgan fingerprint density at radius 1 is 1.41 bits per heavy atom. The van der Waals surface area contributed by atoms with E-state index in [0.717, 1.165) is 42.8 Å². The Hall–Kier alpha value is -1.28. The van der Waals surface area contributed by atoms with E-state index in [2.05, 4.69) is 10.3 Å². The molecule has 1 heterocycles. The fraction of sp³-hybridized carbons (Fsp3) is 0.400. The molecule has 0 fully saturated rings. The molecule has 1 aliphatic rings. The van der Waals surface area contributed by atoms with Gasteiger partial charge < -0.3 is 5.32 Å². The summed E-state index contributed by atoms with van der Waals surface area (Å²) in [6, 6.07) is 5.41. The minimum absolute atomic E-state index is 0.186. The van der Waals surface area contributed by atoms with Crippen LogP contribution in [0.15, 0.2) is 34.7 Å². The van der Waals surface area contributed by atoms with Gasteiger partial charge in [-0.15, -0.1) is 11.3 Å². The standard InChI is InChI=1S/C15H19N3O2S2/c16-22(19,20)12-5-4-11-2-1-3-14(13(11)10-12)17-7-6-15-18-8-9-21-15/h4-5,8-10,14,17H,1-3,6-7H2,(H2,16,19,20). The number of nitrogens with zero attached hydrogens (tertiary/aromatic N) is 1. The number of nitrogens with one attached hydrogen (secondary N) is 1. The predicted molar refractivity (Wildman–Crippen MR) is 87.3 cm³/mol. The fourth-order valence-corrected chi connectivity index (χ4v) is 4.07. The lowest BCUT2D eigenvalue weighted by Crippen LogP contribution is -2.27. The highest BCUT2D eigenvalue weighted by Gasteiger charge is 2.22. The second-order valence-corrected chi connectivity index (χ2v) is 8.02. The molecule has 1 aromatic heterocycles. The Labute approximate surface area is 134 Å². The molecule has 0 aliphatic heterocycles. The summed E-state index contributed by atoms with van der Waals surface area (Å²) in [6.07, 6.45) is 5.81. The van der Waals surface area contributed by atoms with E-state index in [9.17, 15) is 8.42 Å². The van der Waals surface area contributed by atoms with Crippen LogP contribution < -0.4 is 10.5 Å². The third kappa shape index (κ3) is 3.55. The number of benzene rings is 1. The van der Waals surface area contributed by atoms with E-state index in [1.165, 1.54) is 5.56 Å². The third-order valence-electron chi connectivity index (χ3n) is 3.97. The van der Waals surface area contributed by atoms with Gasteiger partial charge in [0, 0.05) is 30.6 Å². The van der Waals surface area contributed by atoms with Crippen LogP contribution in [-0.4, -0.2) is 19.9 Å². The summed E-state index contributed by atoms with van der Waals surface area (Å²) in [5.74, 6) is 0. The topological polar surface area (TPSA) is 85.1 Å². The van der Waals surface area contributed by atoms with Crippen molar-refractivity contribution in [3.63, 3.8) is 0 Å². The normalized spacial score (nSPS) is 18.1. The molecule has 0 spiro atoms. The number of thiazole rings is 1. The number of sulfonamides is 1. The zero-order valence-electron chi connectivity index (χ0n) is 12.2. The Morgan fingerprint density at radius 3 is 3.00 bits per heavy atom. The highest BCUT2D eigenvalue weighted by Crippen LogP contribution is 2.31. The molecule has 1 aromatic carbocycles. The Kier molecular flexibility index (Phi) is 4.58. The molecular formula is C15H19N3O2S2. The van der Waals surface area contributed by atoms with Crippen LogP contribution in [0.1, 0.15) is 35.0 Å². The summed E-state index contributed by atoms with van der Waals surface area (Å²) >= 11 is 1.65. The summed E-state index contributed by atoms with van der Waals surface area (Å²) in [4.78, 5) is 4.47. The molecule has 3 N–H and O–H groups in total. The third-order valence-corrected chi connectivity index (χ3v) is 5.72. The first-order valence-electron chi connectivity index (χ1n) is 7.31. The lowest BCUT2D eigenvalue weighted by molar-refractivity contribution is 0.461. The zero-order chi connectivity index (χ0) is 15.6. The number of aromatic nitrogens is 1. The van der Waals surface area contributed by atoms with Gasteiger partial charge in [0.15, 0.2) is 0 Å². The SMILES string of the molecule is NS(=O)(=O)c1ccc2c(c1)C(NCCc1nccs1)CCC2. The smallest absolute Gasteiger partial charge is 0.238 e. The highest BCUT2D eigenvalue weighted by atomic mass is 32.2. The van der Waals surface area contributed by atoms with Crippen molar-refractivity contribution in [1.29, 1.82) is 0 Å². The first kappa shape index (κ1) is 15.6. The molecule has 0 saturated heterocycles. The molecular weight excluding hydrogens is 318 g/mol.